The molecule has 0 saturated heterocycles. The average molecular weight is 499 g/mol. The number of nitrogens with zero attached hydrogens (tertiary/aromatic N) is 2. The molecule has 3 aromatic rings. The Balaban J connectivity index is 1.41. The van der Waals surface area contributed by atoms with E-state index in [4.69, 9.17) is 9.84 Å². The Morgan fingerprint density at radius 3 is 2.56 bits per heavy atom. The third kappa shape index (κ3) is 4.33. The number of amides is 1. The molecule has 0 radical (unpaired) electrons. The smallest absolute Gasteiger partial charge is 0.344 e. The number of fused-ring (bicyclic) bond motifs is 1. The lowest BCUT2D eigenvalue weighted by Crippen LogP contribution is -2.34. The van der Waals surface area contributed by atoms with Crippen molar-refractivity contribution in [2.45, 2.75) is 25.3 Å². The number of thiophene rings is 2. The number of benzene rings is 1. The molecule has 3 heterocycles. The second-order valence-electron chi connectivity index (χ2n) is 8.04. The average Bonchev–Trinajstić information content (AvgIpc) is 3.58. The highest BCUT2D eigenvalue weighted by Gasteiger charge is 2.44. The van der Waals surface area contributed by atoms with E-state index in [1.54, 1.807) is 11.3 Å². The van der Waals surface area contributed by atoms with Crippen molar-refractivity contribution in [2.75, 3.05) is 6.61 Å². The van der Waals surface area contributed by atoms with E-state index in [9.17, 15) is 18.4 Å². The molecule has 5 nitrogen and oxygen atoms in total. The van der Waals surface area contributed by atoms with Crippen LogP contribution in [0.15, 0.2) is 63.9 Å². The van der Waals surface area contributed by atoms with Crippen LogP contribution in [0.3, 0.4) is 0 Å². The van der Waals surface area contributed by atoms with Crippen LogP contribution in [0.25, 0.3) is 6.08 Å². The van der Waals surface area contributed by atoms with E-state index in [1.807, 2.05) is 35.0 Å². The summed E-state index contributed by atoms with van der Waals surface area (Å²) in [7, 11) is 0. The van der Waals surface area contributed by atoms with Crippen LogP contribution in [0.5, 0.6) is 0 Å². The minimum Gasteiger partial charge on any atom is -0.452 e. The number of carbonyl (C=O) groups is 2. The quantitative estimate of drug-likeness (QED) is 0.401. The Labute approximate surface area is 203 Å². The van der Waals surface area contributed by atoms with Gasteiger partial charge in [0.15, 0.2) is 6.61 Å². The van der Waals surface area contributed by atoms with Gasteiger partial charge in [0.2, 0.25) is 0 Å². The SMILES string of the molecule is O=C(OCC(=O)N1N=C2C(=Cc3cccs3)CCCC2C1c1cccs1)c1c(F)cccc1F. The molecule has 1 aliphatic carbocycles. The van der Waals surface area contributed by atoms with Gasteiger partial charge in [0.05, 0.1) is 11.8 Å². The molecule has 0 N–H and O–H groups in total. The second kappa shape index (κ2) is 9.60. The highest BCUT2D eigenvalue weighted by Crippen LogP contribution is 2.45. The highest BCUT2D eigenvalue weighted by molar-refractivity contribution is 7.11. The summed E-state index contributed by atoms with van der Waals surface area (Å²) >= 11 is 3.18. The lowest BCUT2D eigenvalue weighted by Gasteiger charge is -2.28. The van der Waals surface area contributed by atoms with Gasteiger partial charge in [-0.05, 0) is 65.9 Å². The Morgan fingerprint density at radius 2 is 1.85 bits per heavy atom. The van der Waals surface area contributed by atoms with Crippen LogP contribution in [-0.2, 0) is 9.53 Å². The van der Waals surface area contributed by atoms with Gasteiger partial charge in [0.1, 0.15) is 17.2 Å². The van der Waals surface area contributed by atoms with Crippen molar-refractivity contribution in [2.24, 2.45) is 11.0 Å². The zero-order chi connectivity index (χ0) is 23.7. The predicted molar refractivity (Wildman–Crippen MR) is 128 cm³/mol. The normalized spacial score (nSPS) is 20.8. The molecule has 1 aliphatic heterocycles. The van der Waals surface area contributed by atoms with Gasteiger partial charge in [0, 0.05) is 15.7 Å². The van der Waals surface area contributed by atoms with Crippen LogP contribution in [0.2, 0.25) is 0 Å². The third-order valence-electron chi connectivity index (χ3n) is 5.95. The number of allylic oxidation sites excluding steroid dienone is 1. The zero-order valence-corrected chi connectivity index (χ0v) is 19.6. The minimum atomic E-state index is -1.22. The molecule has 2 aromatic heterocycles. The van der Waals surface area contributed by atoms with Crippen LogP contribution in [0, 0.1) is 17.6 Å². The molecule has 1 fully saturated rings. The molecule has 9 heteroatoms. The Kier molecular flexibility index (Phi) is 6.38. The van der Waals surface area contributed by atoms with E-state index in [2.05, 4.69) is 6.08 Å². The predicted octanol–water partition coefficient (Wildman–Crippen LogP) is 6.07. The fourth-order valence-corrected chi connectivity index (χ4v) is 6.01. The van der Waals surface area contributed by atoms with Gasteiger partial charge in [-0.1, -0.05) is 18.2 Å². The van der Waals surface area contributed by atoms with Gasteiger partial charge in [-0.15, -0.1) is 22.7 Å². The summed E-state index contributed by atoms with van der Waals surface area (Å²) in [4.78, 5) is 27.6. The molecule has 0 spiro atoms. The molecule has 1 amide bonds. The number of esters is 1. The van der Waals surface area contributed by atoms with Crippen molar-refractivity contribution >= 4 is 46.3 Å². The second-order valence-corrected chi connectivity index (χ2v) is 10.00. The van der Waals surface area contributed by atoms with Gasteiger partial charge in [-0.3, -0.25) is 4.79 Å². The van der Waals surface area contributed by atoms with Crippen molar-refractivity contribution in [1.29, 1.82) is 0 Å². The topological polar surface area (TPSA) is 59.0 Å². The van der Waals surface area contributed by atoms with Gasteiger partial charge >= 0.3 is 5.97 Å². The van der Waals surface area contributed by atoms with Crippen LogP contribution >= 0.6 is 22.7 Å². The first-order valence-electron chi connectivity index (χ1n) is 10.8. The van der Waals surface area contributed by atoms with E-state index >= 15 is 0 Å². The number of hydrazone groups is 1. The summed E-state index contributed by atoms with van der Waals surface area (Å²) in [6.07, 6.45) is 4.85. The highest BCUT2D eigenvalue weighted by atomic mass is 32.1. The first-order valence-corrected chi connectivity index (χ1v) is 12.6. The largest absolute Gasteiger partial charge is 0.452 e. The molecule has 1 aromatic carbocycles. The van der Waals surface area contributed by atoms with Gasteiger partial charge in [0.25, 0.3) is 5.91 Å². The number of halogens is 2. The van der Waals surface area contributed by atoms with Crippen molar-refractivity contribution in [3.8, 4) is 0 Å². The molecule has 2 unspecified atom stereocenters. The summed E-state index contributed by atoms with van der Waals surface area (Å²) < 4.78 is 32.8. The Hall–Kier alpha value is -3.17. The zero-order valence-electron chi connectivity index (χ0n) is 17.9. The summed E-state index contributed by atoms with van der Waals surface area (Å²) in [5.74, 6) is -3.81. The molecule has 2 atom stereocenters. The van der Waals surface area contributed by atoms with Crippen LogP contribution in [0.4, 0.5) is 8.78 Å². The summed E-state index contributed by atoms with van der Waals surface area (Å²) in [5.41, 5.74) is 1.16. The molecular formula is C25H20F2N2O3S2. The molecule has 2 aliphatic rings. The molecule has 5 rings (SSSR count). The first kappa shape index (κ1) is 22.6. The molecule has 34 heavy (non-hydrogen) atoms. The molecule has 174 valence electrons. The minimum absolute atomic E-state index is 0.0299. The maximum absolute atomic E-state index is 13.9. The summed E-state index contributed by atoms with van der Waals surface area (Å²) in [6, 6.07) is 10.7. The molecule has 0 bridgehead atoms. The lowest BCUT2D eigenvalue weighted by molar-refractivity contribution is -0.136. The lowest BCUT2D eigenvalue weighted by atomic mass is 9.79. The standard InChI is InChI=1S/C25H20F2N2O3S2/c26-18-8-2-9-19(27)22(18)25(31)32-14-21(30)29-24(20-10-4-12-34-20)17-7-1-5-15(23(17)28-29)13-16-6-3-11-33-16/h2-4,6,8-13,17,24H,1,5,7,14H2. The fraction of sp³-hybridized carbons (Fsp3) is 0.240. The van der Waals surface area contributed by atoms with Crippen molar-refractivity contribution in [3.63, 3.8) is 0 Å². The number of rotatable bonds is 5. The Bertz CT molecular complexity index is 1250. The van der Waals surface area contributed by atoms with Crippen LogP contribution in [0.1, 0.15) is 45.4 Å². The van der Waals surface area contributed by atoms with Crippen molar-refractivity contribution in [3.05, 3.63) is 85.7 Å². The third-order valence-corrected chi connectivity index (χ3v) is 7.71. The molecular weight excluding hydrogens is 478 g/mol. The molecule has 1 saturated carbocycles. The van der Waals surface area contributed by atoms with Gasteiger partial charge in [-0.2, -0.15) is 5.10 Å². The van der Waals surface area contributed by atoms with Crippen molar-refractivity contribution in [1.82, 2.24) is 5.01 Å². The van der Waals surface area contributed by atoms with Crippen LogP contribution < -0.4 is 0 Å². The summed E-state index contributed by atoms with van der Waals surface area (Å²) in [6.45, 7) is -0.665. The van der Waals surface area contributed by atoms with E-state index in [-0.39, 0.29) is 12.0 Å². The number of carbonyl (C=O) groups excluding carboxylic acids is 2. The number of hydrogen-bond acceptors (Lipinski definition) is 6. The number of ether oxygens (including phenoxy) is 1. The van der Waals surface area contributed by atoms with E-state index in [1.165, 1.54) is 16.3 Å². The van der Waals surface area contributed by atoms with E-state index in [0.29, 0.717) is 0 Å². The van der Waals surface area contributed by atoms with E-state index in [0.717, 1.165) is 58.5 Å². The Morgan fingerprint density at radius 1 is 1.09 bits per heavy atom. The fourth-order valence-electron chi connectivity index (χ4n) is 4.45. The van der Waals surface area contributed by atoms with Gasteiger partial charge < -0.3 is 4.74 Å². The first-order chi connectivity index (χ1) is 16.5. The number of hydrogen-bond donors (Lipinski definition) is 0. The maximum Gasteiger partial charge on any atom is 0.344 e. The van der Waals surface area contributed by atoms with Crippen molar-refractivity contribution < 1.29 is 23.1 Å². The van der Waals surface area contributed by atoms with Crippen LogP contribution in [-0.4, -0.2) is 29.2 Å². The van der Waals surface area contributed by atoms with E-state index < -0.39 is 35.7 Å². The monoisotopic (exact) mass is 498 g/mol. The maximum atomic E-state index is 13.9. The summed E-state index contributed by atoms with van der Waals surface area (Å²) in [5, 5.41) is 10.0. The van der Waals surface area contributed by atoms with Gasteiger partial charge in [-0.25, -0.2) is 18.6 Å².